The first-order valence-corrected chi connectivity index (χ1v) is 44.9. The van der Waals surface area contributed by atoms with Crippen molar-refractivity contribution in [2.45, 2.75) is 100.0 Å². The Bertz CT molecular complexity index is 3310. The lowest BCUT2D eigenvalue weighted by Crippen LogP contribution is -2.38. The van der Waals surface area contributed by atoms with Crippen molar-refractivity contribution in [1.82, 2.24) is 0 Å². The molecule has 0 N–H and O–H groups in total. The molecule has 35 nitrogen and oxygen atoms in total. The summed E-state index contributed by atoms with van der Waals surface area (Å²) in [6.07, 6.45) is -12.0. The van der Waals surface area contributed by atoms with Crippen molar-refractivity contribution >= 4 is 127 Å². The van der Waals surface area contributed by atoms with E-state index in [4.69, 9.17) is 20.9 Å². The molecule has 0 bridgehead atoms. The second-order valence-corrected chi connectivity index (χ2v) is 42.2. The van der Waals surface area contributed by atoms with Gasteiger partial charge in [-0.2, -0.15) is 92.6 Å². The van der Waals surface area contributed by atoms with Crippen LogP contribution in [0.3, 0.4) is 0 Å². The van der Waals surface area contributed by atoms with Crippen LogP contribution in [0.1, 0.15) is 32.6 Å². The SMILES string of the molecule is C=S1(=O)CC(C)C(C2OS(=O)(=O)CC2F)O1.O=S1(=O)CC(C2CCS(=O)(=O)O2)CO1.O=S1(=O)CC(C2CCS(=O)(=O)O2)CO1.O=S1(=O)CC(C2COS(=O)(=O)C2)CO1.O=S1(=O)CC(F)C(C2OS(=O)(=O)CC2F)O1.O=S1(=O)CCC(C2CCS(=O)(=O)O2)O1. The van der Waals surface area contributed by atoms with Gasteiger partial charge in [-0.15, -0.1) is 0 Å². The maximum atomic E-state index is 13.5. The Labute approximate surface area is 508 Å². The molecule has 0 aromatic rings. The number of halogens is 3. The van der Waals surface area contributed by atoms with E-state index in [2.05, 4.69) is 35.2 Å². The maximum Gasteiger partial charge on any atom is 0.270 e. The van der Waals surface area contributed by atoms with E-state index in [1.54, 1.807) is 6.92 Å². The molecule has 17 atom stereocenters. The standard InChI is InChI=1S/C8H13FO5S2.C6H8F2O6S2.4C6H10O6S2/c1-5-3-15(2,10)13-7(5)8-6(9)4-16(11,12)14-8;7-3-1-15(9,10)13-5(3)6-4(8)2-16(11,12)14-6;7-13(8)3-5(1-11-13)6-2-12-14(9,10)4-6;7-13(8)3-1-5(11-13)6-2-4-14(9,10)12-6;2*7-13(8)2-1-6(12-13)5-3-11-14(9,10)4-5/h5-8H,2-4H2,1H3;3-6H,1-2H2;4*5-6H,1-4H2. The minimum absolute atomic E-state index is 0.0303. The highest BCUT2D eigenvalue weighted by Crippen LogP contribution is 2.36. The van der Waals surface area contributed by atoms with Gasteiger partial charge in [-0.25, -0.2) is 17.4 Å². The molecular weight excluding hydrogens is 1460 g/mol. The summed E-state index contributed by atoms with van der Waals surface area (Å²) in [5.41, 5.74) is 0. The van der Waals surface area contributed by atoms with Gasteiger partial charge in [0, 0.05) is 29.4 Å². The van der Waals surface area contributed by atoms with Crippen LogP contribution in [0.15, 0.2) is 0 Å². The van der Waals surface area contributed by atoms with Gasteiger partial charge in [-0.05, 0) is 37.5 Å². The van der Waals surface area contributed by atoms with Gasteiger partial charge in [0.05, 0.1) is 94.5 Å². The highest BCUT2D eigenvalue weighted by atomic mass is 32.3. The average molecular weight is 1520 g/mol. The van der Waals surface area contributed by atoms with Crippen LogP contribution >= 0.6 is 0 Å². The molecule has 0 aliphatic carbocycles. The summed E-state index contributed by atoms with van der Waals surface area (Å²) < 4.78 is 348. The molecule has 0 aromatic carbocycles. The van der Waals surface area contributed by atoms with Crippen LogP contribution in [-0.4, -0.2) is 265 Å². The zero-order valence-corrected chi connectivity index (χ0v) is 55.2. The van der Waals surface area contributed by atoms with Crippen molar-refractivity contribution < 1.29 is 160 Å². The van der Waals surface area contributed by atoms with Gasteiger partial charge in [0.1, 0.15) is 72.4 Å². The Morgan fingerprint density at radius 1 is 0.284 bits per heavy atom. The molecule has 12 aliphatic heterocycles. The van der Waals surface area contributed by atoms with Crippen LogP contribution < -0.4 is 0 Å². The van der Waals surface area contributed by atoms with Crippen molar-refractivity contribution in [2.24, 2.45) is 29.6 Å². The molecule has 88 heavy (non-hydrogen) atoms. The minimum atomic E-state index is -4.06. The van der Waals surface area contributed by atoms with E-state index in [1.165, 1.54) is 0 Å². The number of rotatable bonds is 6. The molecule has 0 spiro atoms. The van der Waals surface area contributed by atoms with Gasteiger partial charge >= 0.3 is 0 Å². The fourth-order valence-corrected chi connectivity index (χ4v) is 25.9. The first kappa shape index (κ1) is 74.2. The zero-order chi connectivity index (χ0) is 65.9. The van der Waals surface area contributed by atoms with Crippen molar-refractivity contribution in [3.8, 4) is 0 Å². The van der Waals surface area contributed by atoms with E-state index in [1.807, 2.05) is 0 Å². The first-order chi connectivity index (χ1) is 39.9. The molecule has 50 heteroatoms. The normalized spacial score (nSPS) is 43.2. The van der Waals surface area contributed by atoms with Crippen LogP contribution in [0, 0.1) is 29.6 Å². The van der Waals surface area contributed by atoms with Crippen molar-refractivity contribution in [2.75, 3.05) is 95.5 Å². The van der Waals surface area contributed by atoms with Crippen LogP contribution in [-0.2, 0) is 171 Å². The third-order valence-electron chi connectivity index (χ3n) is 14.3. The summed E-state index contributed by atoms with van der Waals surface area (Å²) >= 11 is 0. The number of alkyl halides is 3. The monoisotopic (exact) mass is 1520 g/mol. The predicted molar refractivity (Wildman–Crippen MR) is 291 cm³/mol. The molecule has 12 fully saturated rings. The summed E-state index contributed by atoms with van der Waals surface area (Å²) in [4.78, 5) is 0. The molecule has 516 valence electrons. The highest BCUT2D eigenvalue weighted by Gasteiger charge is 2.54. The van der Waals surface area contributed by atoms with E-state index < -0.39 is 206 Å². The van der Waals surface area contributed by atoms with E-state index in [9.17, 15) is 110 Å². The summed E-state index contributed by atoms with van der Waals surface area (Å²) in [7, 11) is -42.1. The van der Waals surface area contributed by atoms with E-state index in [-0.39, 0.29) is 108 Å². The molecule has 12 aliphatic rings. The lowest BCUT2D eigenvalue weighted by Gasteiger charge is -2.19. The predicted octanol–water partition coefficient (Wildman–Crippen LogP) is -4.84. The van der Waals surface area contributed by atoms with Gasteiger partial charge in [-0.3, -0.25) is 50.2 Å². The van der Waals surface area contributed by atoms with Gasteiger partial charge in [0.2, 0.25) is 0 Å². The zero-order valence-electron chi connectivity index (χ0n) is 45.4. The van der Waals surface area contributed by atoms with Crippen molar-refractivity contribution in [3.05, 3.63) is 0 Å². The van der Waals surface area contributed by atoms with Gasteiger partial charge in [-0.1, -0.05) is 6.92 Å². The summed E-state index contributed by atoms with van der Waals surface area (Å²) in [6.45, 7) is 1.92. The quantitative estimate of drug-likeness (QED) is 0.178. The smallest absolute Gasteiger partial charge is 0.270 e. The molecule has 12 saturated heterocycles. The van der Waals surface area contributed by atoms with Crippen LogP contribution in [0.2, 0.25) is 0 Å². The lowest BCUT2D eigenvalue weighted by molar-refractivity contribution is 0.0111. The largest absolute Gasteiger partial charge is 0.292 e. The molecule has 0 radical (unpaired) electrons. The Kier molecular flexibility index (Phi) is 22.9. The van der Waals surface area contributed by atoms with Gasteiger partial charge in [0.25, 0.3) is 111 Å². The Hall–Kier alpha value is -1.22. The molecule has 0 saturated carbocycles. The van der Waals surface area contributed by atoms with Crippen LogP contribution in [0.5, 0.6) is 0 Å². The highest BCUT2D eigenvalue weighted by molar-refractivity contribution is 7.96. The molecule has 12 heterocycles. The van der Waals surface area contributed by atoms with Crippen LogP contribution in [0.4, 0.5) is 13.2 Å². The Morgan fingerprint density at radius 2 is 0.534 bits per heavy atom. The minimum Gasteiger partial charge on any atom is -0.292 e. The van der Waals surface area contributed by atoms with Gasteiger partial charge < -0.3 is 0 Å². The van der Waals surface area contributed by atoms with E-state index in [0.29, 0.717) is 25.7 Å². The first-order valence-electron chi connectivity index (χ1n) is 25.7. The molecule has 12 rings (SSSR count). The van der Waals surface area contributed by atoms with Gasteiger partial charge in [0.15, 0.2) is 0 Å². The van der Waals surface area contributed by atoms with Crippen molar-refractivity contribution in [1.29, 1.82) is 0 Å². The third kappa shape index (κ3) is 21.4. The summed E-state index contributed by atoms with van der Waals surface area (Å²) in [6, 6.07) is 0. The fourth-order valence-electron chi connectivity index (χ4n) is 10.1. The fraction of sp³-hybridized carbons (Fsp3) is 0.974. The number of hydrogen-bond donors (Lipinski definition) is 0. The maximum absolute atomic E-state index is 13.5. The lowest BCUT2D eigenvalue weighted by atomic mass is 9.98. The van der Waals surface area contributed by atoms with E-state index >= 15 is 0 Å². The molecular formula is C38H61F3O35S12. The van der Waals surface area contributed by atoms with E-state index in [0.717, 1.165) is 0 Å². The second kappa shape index (κ2) is 27.1. The Morgan fingerprint density at radius 3 is 0.727 bits per heavy atom. The number of hydrogen-bond acceptors (Lipinski definition) is 35. The summed E-state index contributed by atoms with van der Waals surface area (Å²) in [5, 5.41) is 0. The molecule has 0 amide bonds. The molecule has 0 aromatic heterocycles. The third-order valence-corrected chi connectivity index (χ3v) is 30.1. The molecule has 17 unspecified atom stereocenters. The van der Waals surface area contributed by atoms with Crippen LogP contribution in [0.25, 0.3) is 0 Å². The average Bonchev–Trinajstić information content (AvgIpc) is 3.29. The Balaban J connectivity index is 0.000000151. The van der Waals surface area contributed by atoms with Crippen molar-refractivity contribution in [3.63, 3.8) is 0 Å². The summed E-state index contributed by atoms with van der Waals surface area (Å²) in [5.74, 6) is -1.02. The topological polar surface area (TPSA) is 503 Å². The second-order valence-electron chi connectivity index (χ2n) is 21.7.